The highest BCUT2D eigenvalue weighted by atomic mass is 35.5. The van der Waals surface area contributed by atoms with E-state index in [-0.39, 0.29) is 5.78 Å². The fraction of sp³-hybridized carbons (Fsp3) is 0.235. The minimum absolute atomic E-state index is 0.0319. The molecule has 0 atom stereocenters. The van der Waals surface area contributed by atoms with Gasteiger partial charge in [0.1, 0.15) is 19.0 Å². The quantitative estimate of drug-likeness (QED) is 0.535. The molecule has 0 aromatic heterocycles. The van der Waals surface area contributed by atoms with Gasteiger partial charge in [0.05, 0.1) is 12.1 Å². The first-order chi connectivity index (χ1) is 11.0. The summed E-state index contributed by atoms with van der Waals surface area (Å²) in [7, 11) is 1.52. The topological polar surface area (TPSA) is 44.8 Å². The van der Waals surface area contributed by atoms with Gasteiger partial charge in [0, 0.05) is 10.6 Å². The lowest BCUT2D eigenvalue weighted by atomic mass is 10.1. The number of hydrogen-bond acceptors (Lipinski definition) is 4. The number of halogens is 2. The maximum absolute atomic E-state index is 11.4. The van der Waals surface area contributed by atoms with Crippen molar-refractivity contribution in [3.05, 3.63) is 52.0 Å². The molecular weight excluding hydrogens is 339 g/mol. The molecule has 4 nitrogen and oxygen atoms in total. The lowest BCUT2D eigenvalue weighted by Gasteiger charge is -2.12. The SMILES string of the molecule is COc1cc(C(C)=O)ccc1OCCOc1ccc(Cl)cc1Cl. The fourth-order valence-electron chi connectivity index (χ4n) is 1.90. The zero-order chi connectivity index (χ0) is 16.8. The standard InChI is InChI=1S/C17H16Cl2O4/c1-11(20)12-3-5-16(17(9-12)21-2)23-8-7-22-15-6-4-13(18)10-14(15)19/h3-6,9-10H,7-8H2,1-2H3. The van der Waals surface area contributed by atoms with Crippen molar-refractivity contribution in [3.8, 4) is 17.2 Å². The third-order valence-corrected chi connectivity index (χ3v) is 3.59. The van der Waals surface area contributed by atoms with E-state index in [0.717, 1.165) is 0 Å². The van der Waals surface area contributed by atoms with E-state index in [2.05, 4.69) is 0 Å². The van der Waals surface area contributed by atoms with E-state index in [1.807, 2.05) is 0 Å². The Hall–Kier alpha value is -1.91. The smallest absolute Gasteiger partial charge is 0.161 e. The Morgan fingerprint density at radius 3 is 2.22 bits per heavy atom. The summed E-state index contributed by atoms with van der Waals surface area (Å²) >= 11 is 11.8. The molecule has 0 heterocycles. The van der Waals surface area contributed by atoms with Crippen molar-refractivity contribution in [2.45, 2.75) is 6.92 Å². The number of carbonyl (C=O) groups is 1. The van der Waals surface area contributed by atoms with Crippen LogP contribution in [0.2, 0.25) is 10.0 Å². The van der Waals surface area contributed by atoms with Gasteiger partial charge in [0.2, 0.25) is 0 Å². The lowest BCUT2D eigenvalue weighted by Crippen LogP contribution is -2.10. The van der Waals surface area contributed by atoms with Crippen LogP contribution in [0.5, 0.6) is 17.2 Å². The molecule has 0 saturated carbocycles. The van der Waals surface area contributed by atoms with Crippen molar-refractivity contribution in [1.82, 2.24) is 0 Å². The van der Waals surface area contributed by atoms with Gasteiger partial charge < -0.3 is 14.2 Å². The summed E-state index contributed by atoms with van der Waals surface area (Å²) in [6.45, 7) is 2.10. The molecule has 0 amide bonds. The van der Waals surface area contributed by atoms with Crippen molar-refractivity contribution in [3.63, 3.8) is 0 Å². The Bertz CT molecular complexity index is 701. The van der Waals surface area contributed by atoms with Gasteiger partial charge in [-0.25, -0.2) is 0 Å². The Morgan fingerprint density at radius 1 is 0.957 bits per heavy atom. The predicted octanol–water partition coefficient (Wildman–Crippen LogP) is 4.66. The molecule has 2 aromatic carbocycles. The van der Waals surface area contributed by atoms with E-state index in [1.165, 1.54) is 14.0 Å². The van der Waals surface area contributed by atoms with Gasteiger partial charge in [-0.2, -0.15) is 0 Å². The maximum Gasteiger partial charge on any atom is 0.161 e. The maximum atomic E-state index is 11.4. The Kier molecular flexibility index (Phi) is 6.13. The largest absolute Gasteiger partial charge is 0.493 e. The van der Waals surface area contributed by atoms with Crippen molar-refractivity contribution >= 4 is 29.0 Å². The molecule has 0 radical (unpaired) electrons. The first-order valence-electron chi connectivity index (χ1n) is 6.91. The first-order valence-corrected chi connectivity index (χ1v) is 7.66. The molecular formula is C17H16Cl2O4. The van der Waals surface area contributed by atoms with Crippen LogP contribution in [0.3, 0.4) is 0 Å². The lowest BCUT2D eigenvalue weighted by molar-refractivity contribution is 0.101. The molecule has 0 fully saturated rings. The summed E-state index contributed by atoms with van der Waals surface area (Å²) in [5, 5.41) is 0.995. The fourth-order valence-corrected chi connectivity index (χ4v) is 2.36. The molecule has 0 aliphatic rings. The number of benzene rings is 2. The average molecular weight is 355 g/mol. The minimum atomic E-state index is -0.0319. The summed E-state index contributed by atoms with van der Waals surface area (Å²) in [6, 6.07) is 10.1. The van der Waals surface area contributed by atoms with E-state index in [9.17, 15) is 4.79 Å². The van der Waals surface area contributed by atoms with Crippen LogP contribution >= 0.6 is 23.2 Å². The second-order valence-corrected chi connectivity index (χ2v) is 5.54. The van der Waals surface area contributed by atoms with E-state index < -0.39 is 0 Å². The molecule has 2 aromatic rings. The molecule has 6 heteroatoms. The number of hydrogen-bond donors (Lipinski definition) is 0. The van der Waals surface area contributed by atoms with Gasteiger partial charge in [-0.3, -0.25) is 4.79 Å². The summed E-state index contributed by atoms with van der Waals surface area (Å²) in [5.74, 6) is 1.56. The van der Waals surface area contributed by atoms with Crippen LogP contribution in [0.25, 0.3) is 0 Å². The van der Waals surface area contributed by atoms with Crippen LogP contribution in [-0.4, -0.2) is 26.1 Å². The van der Waals surface area contributed by atoms with E-state index in [1.54, 1.807) is 36.4 Å². The van der Waals surface area contributed by atoms with Gasteiger partial charge in [-0.1, -0.05) is 23.2 Å². The van der Waals surface area contributed by atoms with Crippen molar-refractivity contribution in [2.75, 3.05) is 20.3 Å². The number of ether oxygens (including phenoxy) is 3. The molecule has 0 N–H and O–H groups in total. The van der Waals surface area contributed by atoms with Gasteiger partial charge >= 0.3 is 0 Å². The third kappa shape index (κ3) is 4.78. The summed E-state index contributed by atoms with van der Waals surface area (Å²) < 4.78 is 16.4. The van der Waals surface area contributed by atoms with Gasteiger partial charge in [0.25, 0.3) is 0 Å². The van der Waals surface area contributed by atoms with Crippen molar-refractivity contribution in [2.24, 2.45) is 0 Å². The van der Waals surface area contributed by atoms with Crippen LogP contribution in [0, 0.1) is 0 Å². The van der Waals surface area contributed by atoms with Crippen LogP contribution in [0.1, 0.15) is 17.3 Å². The number of rotatable bonds is 7. The minimum Gasteiger partial charge on any atom is -0.493 e. The van der Waals surface area contributed by atoms with Gasteiger partial charge in [-0.05, 0) is 43.3 Å². The molecule has 0 saturated heterocycles. The highest BCUT2D eigenvalue weighted by molar-refractivity contribution is 6.35. The highest BCUT2D eigenvalue weighted by Crippen LogP contribution is 2.29. The second kappa shape index (κ2) is 8.09. The summed E-state index contributed by atoms with van der Waals surface area (Å²) in [5.41, 5.74) is 0.568. The van der Waals surface area contributed by atoms with Crippen LogP contribution in [0.4, 0.5) is 0 Å². The highest BCUT2D eigenvalue weighted by Gasteiger charge is 2.09. The zero-order valence-corrected chi connectivity index (χ0v) is 14.3. The number of Topliss-reactive ketones (excluding diaryl/α,β-unsaturated/α-hetero) is 1. The monoisotopic (exact) mass is 354 g/mol. The Labute approximate surface area is 144 Å². The Balaban J connectivity index is 1.92. The van der Waals surface area contributed by atoms with Gasteiger partial charge in [0.15, 0.2) is 17.3 Å². The molecule has 0 bridgehead atoms. The number of carbonyl (C=O) groups excluding carboxylic acids is 1. The predicted molar refractivity (Wildman–Crippen MR) is 90.5 cm³/mol. The van der Waals surface area contributed by atoms with Crippen LogP contribution in [-0.2, 0) is 0 Å². The zero-order valence-electron chi connectivity index (χ0n) is 12.8. The van der Waals surface area contributed by atoms with E-state index >= 15 is 0 Å². The summed E-state index contributed by atoms with van der Waals surface area (Å²) in [4.78, 5) is 11.4. The second-order valence-electron chi connectivity index (χ2n) is 4.69. The molecule has 2 rings (SSSR count). The average Bonchev–Trinajstić information content (AvgIpc) is 2.53. The molecule has 122 valence electrons. The molecule has 0 aliphatic heterocycles. The number of methoxy groups -OCH3 is 1. The number of ketones is 1. The third-order valence-electron chi connectivity index (χ3n) is 3.06. The van der Waals surface area contributed by atoms with Crippen molar-refractivity contribution in [1.29, 1.82) is 0 Å². The normalized spacial score (nSPS) is 10.3. The van der Waals surface area contributed by atoms with Crippen molar-refractivity contribution < 1.29 is 19.0 Å². The Morgan fingerprint density at radius 2 is 1.61 bits per heavy atom. The summed E-state index contributed by atoms with van der Waals surface area (Å²) in [6.07, 6.45) is 0. The van der Waals surface area contributed by atoms with Crippen LogP contribution < -0.4 is 14.2 Å². The van der Waals surface area contributed by atoms with E-state index in [0.29, 0.717) is 46.1 Å². The first kappa shape index (κ1) is 17.4. The molecule has 0 spiro atoms. The molecule has 23 heavy (non-hydrogen) atoms. The molecule has 0 aliphatic carbocycles. The van der Waals surface area contributed by atoms with E-state index in [4.69, 9.17) is 37.4 Å². The molecule has 0 unspecified atom stereocenters. The van der Waals surface area contributed by atoms with Gasteiger partial charge in [-0.15, -0.1) is 0 Å². The van der Waals surface area contributed by atoms with Crippen LogP contribution in [0.15, 0.2) is 36.4 Å².